The minimum atomic E-state index is -0.0515. The zero-order valence-corrected chi connectivity index (χ0v) is 11.8. The first-order valence-electron chi connectivity index (χ1n) is 6.42. The highest BCUT2D eigenvalue weighted by molar-refractivity contribution is 5.98. The highest BCUT2D eigenvalue weighted by Crippen LogP contribution is 2.39. The topological polar surface area (TPSA) is 50.8 Å². The number of carbonyl (C=O) groups excluding carboxylic acids is 1. The van der Waals surface area contributed by atoms with E-state index in [1.165, 1.54) is 0 Å². The fourth-order valence-electron chi connectivity index (χ4n) is 2.30. The number of fused-ring (bicyclic) bond motifs is 1. The zero-order valence-electron chi connectivity index (χ0n) is 11.8. The van der Waals surface area contributed by atoms with Crippen molar-refractivity contribution in [1.82, 2.24) is 0 Å². The van der Waals surface area contributed by atoms with Crippen molar-refractivity contribution in [3.8, 4) is 11.5 Å². The van der Waals surface area contributed by atoms with Crippen molar-refractivity contribution in [3.63, 3.8) is 0 Å². The molecule has 1 heterocycles. The molecule has 5 nitrogen and oxygen atoms in total. The summed E-state index contributed by atoms with van der Waals surface area (Å²) in [4.78, 5) is 14.1. The fraction of sp³-hybridized carbons (Fsp3) is 0.500. The van der Waals surface area contributed by atoms with Gasteiger partial charge in [0, 0.05) is 25.2 Å². The monoisotopic (exact) mass is 264 g/mol. The number of hydrogen-bond donors (Lipinski definition) is 1. The lowest BCUT2D eigenvalue weighted by molar-refractivity contribution is -0.119. The summed E-state index contributed by atoms with van der Waals surface area (Å²) in [6, 6.07) is 3.72. The molecule has 0 saturated carbocycles. The van der Waals surface area contributed by atoms with E-state index in [9.17, 15) is 4.79 Å². The maximum absolute atomic E-state index is 12.0. The Morgan fingerprint density at radius 1 is 1.32 bits per heavy atom. The van der Waals surface area contributed by atoms with Gasteiger partial charge >= 0.3 is 0 Å². The predicted octanol–water partition coefficient (Wildman–Crippen LogP) is 2.12. The Bertz CT molecular complexity index is 488. The number of ether oxygens (including phenoxy) is 2. The van der Waals surface area contributed by atoms with E-state index in [1.54, 1.807) is 14.2 Å². The van der Waals surface area contributed by atoms with Crippen LogP contribution in [0.4, 0.5) is 11.4 Å². The molecule has 1 N–H and O–H groups in total. The molecule has 1 aromatic rings. The van der Waals surface area contributed by atoms with Crippen LogP contribution in [0.25, 0.3) is 0 Å². The smallest absolute Gasteiger partial charge is 0.229 e. The first-order valence-corrected chi connectivity index (χ1v) is 6.42. The van der Waals surface area contributed by atoms with Crippen LogP contribution in [0, 0.1) is 5.92 Å². The van der Waals surface area contributed by atoms with Gasteiger partial charge in [0.15, 0.2) is 11.5 Å². The molecule has 0 saturated heterocycles. The van der Waals surface area contributed by atoms with Gasteiger partial charge < -0.3 is 19.7 Å². The van der Waals surface area contributed by atoms with E-state index < -0.39 is 0 Å². The quantitative estimate of drug-likeness (QED) is 0.908. The number of nitrogens with zero attached hydrogens (tertiary/aromatic N) is 1. The number of carbonyl (C=O) groups is 1. The highest BCUT2D eigenvalue weighted by Gasteiger charge is 2.25. The molecule has 0 fully saturated rings. The Kier molecular flexibility index (Phi) is 3.83. The molecule has 0 aliphatic carbocycles. The summed E-state index contributed by atoms with van der Waals surface area (Å²) in [6.45, 7) is 5.54. The van der Waals surface area contributed by atoms with Crippen molar-refractivity contribution >= 4 is 17.3 Å². The molecule has 2 rings (SSSR count). The molecule has 19 heavy (non-hydrogen) atoms. The van der Waals surface area contributed by atoms with Crippen LogP contribution in [0.3, 0.4) is 0 Å². The van der Waals surface area contributed by atoms with Crippen LogP contribution < -0.4 is 19.7 Å². The Hall–Kier alpha value is -1.91. The Labute approximate surface area is 113 Å². The van der Waals surface area contributed by atoms with Crippen molar-refractivity contribution in [3.05, 3.63) is 12.1 Å². The third-order valence-electron chi connectivity index (χ3n) is 3.42. The summed E-state index contributed by atoms with van der Waals surface area (Å²) in [5.41, 5.74) is 1.74. The average molecular weight is 264 g/mol. The van der Waals surface area contributed by atoms with Gasteiger partial charge in [-0.05, 0) is 6.92 Å². The molecule has 0 radical (unpaired) electrons. The molecule has 1 aromatic carbocycles. The number of methoxy groups -OCH3 is 2. The SMILES string of the molecule is CCN1CC(C)C(=O)Nc2cc(OC)c(OC)cc21. The maximum atomic E-state index is 12.0. The average Bonchev–Trinajstić information content (AvgIpc) is 2.54. The normalized spacial score (nSPS) is 18.4. The Balaban J connectivity index is 2.53. The van der Waals surface area contributed by atoms with Crippen molar-refractivity contribution in [2.75, 3.05) is 37.5 Å². The van der Waals surface area contributed by atoms with Gasteiger partial charge in [-0.15, -0.1) is 0 Å². The molecule has 0 aromatic heterocycles. The lowest BCUT2D eigenvalue weighted by Crippen LogP contribution is -2.30. The molecule has 1 aliphatic rings. The van der Waals surface area contributed by atoms with Gasteiger partial charge in [0.25, 0.3) is 0 Å². The van der Waals surface area contributed by atoms with E-state index in [-0.39, 0.29) is 11.8 Å². The lowest BCUT2D eigenvalue weighted by atomic mass is 10.1. The fourth-order valence-corrected chi connectivity index (χ4v) is 2.30. The van der Waals surface area contributed by atoms with Crippen LogP contribution >= 0.6 is 0 Å². The summed E-state index contributed by atoms with van der Waals surface area (Å²) in [7, 11) is 3.20. The number of nitrogens with one attached hydrogen (secondary N) is 1. The van der Waals surface area contributed by atoms with Gasteiger partial charge in [-0.3, -0.25) is 4.79 Å². The van der Waals surface area contributed by atoms with Crippen LogP contribution in [0.5, 0.6) is 11.5 Å². The minimum Gasteiger partial charge on any atom is -0.493 e. The third kappa shape index (κ3) is 2.45. The van der Waals surface area contributed by atoms with Crippen molar-refractivity contribution in [2.45, 2.75) is 13.8 Å². The highest BCUT2D eigenvalue weighted by atomic mass is 16.5. The standard InChI is InChI=1S/C14H20N2O3/c1-5-16-8-9(2)14(17)15-10-6-12(18-3)13(19-4)7-11(10)16/h6-7,9H,5,8H2,1-4H3,(H,15,17). The molecule has 5 heteroatoms. The van der Waals surface area contributed by atoms with Gasteiger partial charge in [-0.1, -0.05) is 6.92 Å². The Morgan fingerprint density at radius 3 is 2.53 bits per heavy atom. The number of anilines is 2. The molecule has 0 spiro atoms. The van der Waals surface area contributed by atoms with E-state index in [0.29, 0.717) is 18.0 Å². The van der Waals surface area contributed by atoms with Gasteiger partial charge in [0.1, 0.15) is 0 Å². The molecule has 1 unspecified atom stereocenters. The lowest BCUT2D eigenvalue weighted by Gasteiger charge is -2.24. The van der Waals surface area contributed by atoms with Gasteiger partial charge in [-0.25, -0.2) is 0 Å². The van der Waals surface area contributed by atoms with Crippen LogP contribution in [-0.4, -0.2) is 33.2 Å². The summed E-state index contributed by atoms with van der Waals surface area (Å²) in [5, 5.41) is 2.95. The summed E-state index contributed by atoms with van der Waals surface area (Å²) < 4.78 is 10.6. The van der Waals surface area contributed by atoms with E-state index >= 15 is 0 Å². The van der Waals surface area contributed by atoms with Crippen molar-refractivity contribution in [2.24, 2.45) is 5.92 Å². The van der Waals surface area contributed by atoms with E-state index in [2.05, 4.69) is 17.1 Å². The summed E-state index contributed by atoms with van der Waals surface area (Å²) >= 11 is 0. The van der Waals surface area contributed by atoms with E-state index in [4.69, 9.17) is 9.47 Å². The molecule has 0 bridgehead atoms. The molecular formula is C14H20N2O3. The first kappa shape index (κ1) is 13.5. The second kappa shape index (κ2) is 5.38. The second-order valence-corrected chi connectivity index (χ2v) is 4.65. The van der Waals surface area contributed by atoms with Crippen LogP contribution in [0.2, 0.25) is 0 Å². The number of benzene rings is 1. The third-order valence-corrected chi connectivity index (χ3v) is 3.42. The van der Waals surface area contributed by atoms with Crippen molar-refractivity contribution < 1.29 is 14.3 Å². The van der Waals surface area contributed by atoms with Crippen LogP contribution in [-0.2, 0) is 4.79 Å². The molecule has 1 amide bonds. The summed E-state index contributed by atoms with van der Waals surface area (Å²) in [5.74, 6) is 1.27. The number of hydrogen-bond acceptors (Lipinski definition) is 4. The molecule has 104 valence electrons. The molecular weight excluding hydrogens is 244 g/mol. The van der Waals surface area contributed by atoms with Crippen molar-refractivity contribution in [1.29, 1.82) is 0 Å². The summed E-state index contributed by atoms with van der Waals surface area (Å²) in [6.07, 6.45) is 0. The number of amides is 1. The molecule has 1 atom stereocenters. The van der Waals surface area contributed by atoms with E-state index in [1.807, 2.05) is 19.1 Å². The zero-order chi connectivity index (χ0) is 14.0. The van der Waals surface area contributed by atoms with Gasteiger partial charge in [-0.2, -0.15) is 0 Å². The molecule has 1 aliphatic heterocycles. The first-order chi connectivity index (χ1) is 9.10. The van der Waals surface area contributed by atoms with E-state index in [0.717, 1.165) is 17.9 Å². The Morgan fingerprint density at radius 2 is 1.95 bits per heavy atom. The predicted molar refractivity (Wildman–Crippen MR) is 75.2 cm³/mol. The maximum Gasteiger partial charge on any atom is 0.229 e. The number of rotatable bonds is 3. The van der Waals surface area contributed by atoms with Crippen LogP contribution in [0.1, 0.15) is 13.8 Å². The van der Waals surface area contributed by atoms with Gasteiger partial charge in [0.05, 0.1) is 31.5 Å². The second-order valence-electron chi connectivity index (χ2n) is 4.65. The van der Waals surface area contributed by atoms with Crippen LogP contribution in [0.15, 0.2) is 12.1 Å². The minimum absolute atomic E-state index is 0.0319. The largest absolute Gasteiger partial charge is 0.493 e. The van der Waals surface area contributed by atoms with Gasteiger partial charge in [0.2, 0.25) is 5.91 Å².